The lowest BCUT2D eigenvalue weighted by atomic mass is 10.2. The summed E-state index contributed by atoms with van der Waals surface area (Å²) in [6.45, 7) is 9.35. The molecule has 1 aromatic carbocycles. The van der Waals surface area contributed by atoms with Crippen molar-refractivity contribution in [1.29, 1.82) is 0 Å². The van der Waals surface area contributed by atoms with Gasteiger partial charge in [-0.05, 0) is 63.8 Å². The molecule has 7 nitrogen and oxygen atoms in total. The van der Waals surface area contributed by atoms with Gasteiger partial charge in [-0.1, -0.05) is 0 Å². The van der Waals surface area contributed by atoms with Gasteiger partial charge < -0.3 is 24.4 Å². The predicted octanol–water partition coefficient (Wildman–Crippen LogP) is 2.36. The van der Waals surface area contributed by atoms with Crippen LogP contribution in [0.25, 0.3) is 5.69 Å². The second kappa shape index (κ2) is 10.2. The van der Waals surface area contributed by atoms with Crippen molar-refractivity contribution in [1.82, 2.24) is 24.6 Å². The molecule has 1 aromatic heterocycles. The third kappa shape index (κ3) is 5.40. The zero-order valence-electron chi connectivity index (χ0n) is 20.1. The third-order valence-corrected chi connectivity index (χ3v) is 6.32. The molecule has 1 unspecified atom stereocenters. The maximum Gasteiger partial charge on any atom is 0.193 e. The van der Waals surface area contributed by atoms with Gasteiger partial charge in [-0.15, -0.1) is 0 Å². The second-order valence-corrected chi connectivity index (χ2v) is 8.61. The van der Waals surface area contributed by atoms with Crippen molar-refractivity contribution in [2.75, 3.05) is 61.5 Å². The SMILES string of the molecule is CN=C(NCC1CN(C)CCN1C)N(C)Cc1cc(C)n(-c2ccc(OC)cc2)c1C. The zero-order chi connectivity index (χ0) is 22.5. The van der Waals surface area contributed by atoms with Gasteiger partial charge in [-0.2, -0.15) is 0 Å². The Labute approximate surface area is 187 Å². The Bertz CT molecular complexity index is 888. The van der Waals surface area contributed by atoms with E-state index in [1.165, 1.54) is 17.0 Å². The molecule has 0 radical (unpaired) electrons. The molecular formula is C24H38N6O. The minimum Gasteiger partial charge on any atom is -0.497 e. The molecule has 2 heterocycles. The predicted molar refractivity (Wildman–Crippen MR) is 129 cm³/mol. The summed E-state index contributed by atoms with van der Waals surface area (Å²) in [7, 11) is 10.1. The maximum atomic E-state index is 5.30. The average molecular weight is 427 g/mol. The molecule has 0 spiro atoms. The molecule has 1 atom stereocenters. The van der Waals surface area contributed by atoms with Crippen LogP contribution in [0.3, 0.4) is 0 Å². The fraction of sp³-hybridized carbons (Fsp3) is 0.542. The highest BCUT2D eigenvalue weighted by atomic mass is 16.5. The highest BCUT2D eigenvalue weighted by Crippen LogP contribution is 2.23. The Hall–Kier alpha value is -2.51. The lowest BCUT2D eigenvalue weighted by molar-refractivity contribution is 0.116. The zero-order valence-corrected chi connectivity index (χ0v) is 20.1. The molecule has 1 aliphatic rings. The van der Waals surface area contributed by atoms with Gasteiger partial charge >= 0.3 is 0 Å². The van der Waals surface area contributed by atoms with Crippen LogP contribution in [-0.4, -0.2) is 92.7 Å². The number of ether oxygens (including phenoxy) is 1. The largest absolute Gasteiger partial charge is 0.497 e. The number of aryl methyl sites for hydroxylation is 1. The molecular weight excluding hydrogens is 388 g/mol. The quantitative estimate of drug-likeness (QED) is 0.568. The number of hydrogen-bond acceptors (Lipinski definition) is 4. The van der Waals surface area contributed by atoms with E-state index in [9.17, 15) is 0 Å². The summed E-state index contributed by atoms with van der Waals surface area (Å²) in [6.07, 6.45) is 0. The molecule has 1 aliphatic heterocycles. The summed E-state index contributed by atoms with van der Waals surface area (Å²) in [5, 5.41) is 3.58. The number of benzene rings is 1. The average Bonchev–Trinajstić information content (AvgIpc) is 3.03. The minimum atomic E-state index is 0.490. The fourth-order valence-corrected chi connectivity index (χ4v) is 4.36. The molecule has 2 aromatic rings. The number of hydrogen-bond donors (Lipinski definition) is 1. The van der Waals surface area contributed by atoms with Gasteiger partial charge in [0.1, 0.15) is 5.75 Å². The molecule has 0 saturated carbocycles. The smallest absolute Gasteiger partial charge is 0.193 e. The van der Waals surface area contributed by atoms with Crippen molar-refractivity contribution in [2.45, 2.75) is 26.4 Å². The number of aromatic nitrogens is 1. The second-order valence-electron chi connectivity index (χ2n) is 8.61. The summed E-state index contributed by atoms with van der Waals surface area (Å²) in [6, 6.07) is 11.0. The molecule has 0 aliphatic carbocycles. The van der Waals surface area contributed by atoms with E-state index in [4.69, 9.17) is 4.74 Å². The molecule has 0 amide bonds. The molecule has 7 heteroatoms. The number of piperazine rings is 1. The van der Waals surface area contributed by atoms with E-state index in [2.05, 4.69) is 82.8 Å². The molecule has 31 heavy (non-hydrogen) atoms. The van der Waals surface area contributed by atoms with Crippen LogP contribution in [0.2, 0.25) is 0 Å². The molecule has 3 rings (SSSR count). The van der Waals surface area contributed by atoms with Crippen LogP contribution in [0.5, 0.6) is 5.75 Å². The van der Waals surface area contributed by atoms with Crippen LogP contribution in [0, 0.1) is 13.8 Å². The summed E-state index contributed by atoms with van der Waals surface area (Å²) >= 11 is 0. The number of aliphatic imine (C=N–C) groups is 1. The normalized spacial score (nSPS) is 18.3. The van der Waals surface area contributed by atoms with E-state index in [0.29, 0.717) is 6.04 Å². The number of rotatable bonds is 6. The first-order chi connectivity index (χ1) is 14.8. The van der Waals surface area contributed by atoms with Crippen LogP contribution < -0.4 is 10.1 Å². The van der Waals surface area contributed by atoms with Gasteiger partial charge in [-0.3, -0.25) is 9.89 Å². The Morgan fingerprint density at radius 3 is 2.55 bits per heavy atom. The Morgan fingerprint density at radius 2 is 1.90 bits per heavy atom. The first-order valence-corrected chi connectivity index (χ1v) is 11.0. The molecule has 1 fully saturated rings. The van der Waals surface area contributed by atoms with Gasteiger partial charge in [0.25, 0.3) is 0 Å². The monoisotopic (exact) mass is 426 g/mol. The summed E-state index contributed by atoms with van der Waals surface area (Å²) < 4.78 is 7.60. The fourth-order valence-electron chi connectivity index (χ4n) is 4.36. The first-order valence-electron chi connectivity index (χ1n) is 11.0. The Kier molecular flexibility index (Phi) is 7.62. The summed E-state index contributed by atoms with van der Waals surface area (Å²) in [4.78, 5) is 11.6. The van der Waals surface area contributed by atoms with Crippen LogP contribution in [0.4, 0.5) is 0 Å². The van der Waals surface area contributed by atoms with Gasteiger partial charge in [0.2, 0.25) is 0 Å². The molecule has 0 bridgehead atoms. The van der Waals surface area contributed by atoms with Gasteiger partial charge in [-0.25, -0.2) is 0 Å². The first kappa shape index (κ1) is 23.2. The van der Waals surface area contributed by atoms with Crippen molar-refractivity contribution in [3.8, 4) is 11.4 Å². The maximum absolute atomic E-state index is 5.30. The highest BCUT2D eigenvalue weighted by molar-refractivity contribution is 5.79. The van der Waals surface area contributed by atoms with Crippen molar-refractivity contribution in [3.63, 3.8) is 0 Å². The van der Waals surface area contributed by atoms with E-state index in [1.807, 2.05) is 19.2 Å². The summed E-state index contributed by atoms with van der Waals surface area (Å²) in [5.74, 6) is 1.80. The number of methoxy groups -OCH3 is 1. The van der Waals surface area contributed by atoms with Crippen LogP contribution >= 0.6 is 0 Å². The standard InChI is InChI=1S/C24H38N6O/c1-18-14-20(19(2)30(18)21-8-10-23(31-7)11-9-21)16-29(6)24(25-3)26-15-22-17-27(4)12-13-28(22)5/h8-11,14,22H,12-13,15-17H2,1-7H3,(H,25,26). The van der Waals surface area contributed by atoms with Crippen molar-refractivity contribution in [2.24, 2.45) is 4.99 Å². The van der Waals surface area contributed by atoms with E-state index >= 15 is 0 Å². The van der Waals surface area contributed by atoms with Crippen molar-refractivity contribution < 1.29 is 4.74 Å². The summed E-state index contributed by atoms with van der Waals surface area (Å²) in [5.41, 5.74) is 4.92. The molecule has 1 saturated heterocycles. The van der Waals surface area contributed by atoms with E-state index in [0.717, 1.165) is 50.1 Å². The topological polar surface area (TPSA) is 48.3 Å². The van der Waals surface area contributed by atoms with Crippen LogP contribution in [0.15, 0.2) is 35.3 Å². The lowest BCUT2D eigenvalue weighted by Crippen LogP contribution is -2.55. The number of nitrogens with zero attached hydrogens (tertiary/aromatic N) is 5. The van der Waals surface area contributed by atoms with E-state index < -0.39 is 0 Å². The number of guanidine groups is 1. The van der Waals surface area contributed by atoms with Crippen molar-refractivity contribution in [3.05, 3.63) is 47.3 Å². The molecule has 1 N–H and O–H groups in total. The number of likely N-dealkylation sites (N-methyl/N-ethyl adjacent to an activating group) is 2. The van der Waals surface area contributed by atoms with E-state index in [1.54, 1.807) is 7.11 Å². The van der Waals surface area contributed by atoms with Crippen LogP contribution in [0.1, 0.15) is 17.0 Å². The number of nitrogens with one attached hydrogen (secondary N) is 1. The third-order valence-electron chi connectivity index (χ3n) is 6.32. The highest BCUT2D eigenvalue weighted by Gasteiger charge is 2.23. The van der Waals surface area contributed by atoms with Gasteiger partial charge in [0, 0.05) is 69.9 Å². The van der Waals surface area contributed by atoms with Crippen LogP contribution in [-0.2, 0) is 6.54 Å². The van der Waals surface area contributed by atoms with Crippen molar-refractivity contribution >= 4 is 5.96 Å². The lowest BCUT2D eigenvalue weighted by Gasteiger charge is -2.38. The van der Waals surface area contributed by atoms with Gasteiger partial charge in [0.15, 0.2) is 5.96 Å². The Balaban J connectivity index is 1.68. The van der Waals surface area contributed by atoms with E-state index in [-0.39, 0.29) is 0 Å². The van der Waals surface area contributed by atoms with Gasteiger partial charge in [0.05, 0.1) is 7.11 Å². The Morgan fingerprint density at radius 1 is 1.19 bits per heavy atom. The molecule has 170 valence electrons. The minimum absolute atomic E-state index is 0.490.